The van der Waals surface area contributed by atoms with Crippen molar-refractivity contribution in [2.24, 2.45) is 51.2 Å². The van der Waals surface area contributed by atoms with Crippen molar-refractivity contribution in [2.75, 3.05) is 6.61 Å². The van der Waals surface area contributed by atoms with Crippen molar-refractivity contribution in [1.29, 1.82) is 0 Å². The number of carboxylic acid groups (broad SMARTS) is 1. The lowest BCUT2D eigenvalue weighted by Crippen LogP contribution is -2.65. The van der Waals surface area contributed by atoms with E-state index in [0.717, 1.165) is 51.4 Å². The van der Waals surface area contributed by atoms with Gasteiger partial charge in [-0.05, 0) is 110 Å². The third kappa shape index (κ3) is 3.63. The van der Waals surface area contributed by atoms with E-state index in [2.05, 4.69) is 54.5 Å². The van der Waals surface area contributed by atoms with Gasteiger partial charge in [-0.3, -0.25) is 14.3 Å². The van der Waals surface area contributed by atoms with Crippen LogP contribution in [0.1, 0.15) is 112 Å². The van der Waals surface area contributed by atoms with Gasteiger partial charge in [0.05, 0.1) is 18.2 Å². The first kappa shape index (κ1) is 29.0. The van der Waals surface area contributed by atoms with E-state index in [1.54, 1.807) is 0 Å². The molecule has 0 amide bonds. The summed E-state index contributed by atoms with van der Waals surface area (Å²) in [5, 5.41) is 15.4. The normalized spacial score (nSPS) is 44.3. The summed E-state index contributed by atoms with van der Waals surface area (Å²) < 4.78 is 7.19. The summed E-state index contributed by atoms with van der Waals surface area (Å²) >= 11 is 0. The summed E-state index contributed by atoms with van der Waals surface area (Å²) in [7, 11) is 0. The van der Waals surface area contributed by atoms with Crippen LogP contribution in [0, 0.1) is 51.2 Å². The Kier molecular flexibility index (Phi) is 6.50. The predicted octanol–water partition coefficient (Wildman–Crippen LogP) is 7.20. The van der Waals surface area contributed by atoms with Gasteiger partial charge in [0.15, 0.2) is 0 Å². The van der Waals surface area contributed by atoms with E-state index in [1.807, 2.05) is 17.8 Å². The molecule has 6 heteroatoms. The second kappa shape index (κ2) is 9.19. The van der Waals surface area contributed by atoms with Crippen LogP contribution in [-0.2, 0) is 32.7 Å². The molecule has 9 atom stereocenters. The highest BCUT2D eigenvalue weighted by molar-refractivity contribution is 5.76. The molecule has 6 nitrogen and oxygen atoms in total. The minimum absolute atomic E-state index is 0.0113. The maximum Gasteiger partial charge on any atom is 0.327 e. The molecule has 226 valence electrons. The quantitative estimate of drug-likeness (QED) is 0.309. The van der Waals surface area contributed by atoms with Crippen LogP contribution in [0.3, 0.4) is 0 Å². The largest absolute Gasteiger partial charge is 0.481 e. The monoisotopic (exact) mass is 564 g/mol. The molecular formula is C35H52N2O4. The molecule has 1 N–H and O–H groups in total. The standard InChI is InChI=1S/C35H52N2O4/c1-9-41-27(38)20-37-29-23(19-36-37)18-32(6)25(31(29,4)5)13-14-34(8)26(32)11-10-24-28-22(3)21(2)12-15-35(28,30(39)40)17-16-33(24,34)7/h10,19,21-22,25-26,28H,9,11-18,20H2,1-8H3,(H,39,40)/t21-,22+,25+,26-,28+,32+,33-,34-,35+/m1/s1. The van der Waals surface area contributed by atoms with Crippen LogP contribution < -0.4 is 0 Å². The van der Waals surface area contributed by atoms with Crippen molar-refractivity contribution in [1.82, 2.24) is 9.78 Å². The van der Waals surface area contributed by atoms with Crippen LogP contribution >= 0.6 is 0 Å². The molecule has 0 unspecified atom stereocenters. The highest BCUT2D eigenvalue weighted by atomic mass is 16.5. The Morgan fingerprint density at radius 1 is 1.05 bits per heavy atom. The van der Waals surface area contributed by atoms with Crippen LogP contribution in [0.2, 0.25) is 0 Å². The zero-order valence-corrected chi connectivity index (χ0v) is 26.7. The zero-order valence-electron chi connectivity index (χ0n) is 26.7. The van der Waals surface area contributed by atoms with E-state index in [4.69, 9.17) is 9.84 Å². The number of aliphatic carboxylic acids is 1. The molecule has 6 rings (SSSR count). The van der Waals surface area contributed by atoms with Gasteiger partial charge in [-0.15, -0.1) is 0 Å². The van der Waals surface area contributed by atoms with E-state index in [9.17, 15) is 14.7 Å². The van der Waals surface area contributed by atoms with E-state index in [0.29, 0.717) is 30.3 Å². The number of allylic oxidation sites excluding steroid dienone is 2. The summed E-state index contributed by atoms with van der Waals surface area (Å²) in [5.41, 5.74) is 3.49. The Balaban J connectivity index is 1.42. The van der Waals surface area contributed by atoms with E-state index >= 15 is 0 Å². The summed E-state index contributed by atoms with van der Waals surface area (Å²) in [4.78, 5) is 25.4. The average molecular weight is 565 g/mol. The first-order valence-corrected chi connectivity index (χ1v) is 16.3. The molecule has 0 radical (unpaired) electrons. The zero-order chi connectivity index (χ0) is 29.8. The van der Waals surface area contributed by atoms with Gasteiger partial charge in [0, 0.05) is 11.1 Å². The van der Waals surface area contributed by atoms with Crippen molar-refractivity contribution in [3.8, 4) is 0 Å². The maximum absolute atomic E-state index is 13.0. The van der Waals surface area contributed by atoms with E-state index in [-0.39, 0.29) is 40.1 Å². The van der Waals surface area contributed by atoms with Gasteiger partial charge >= 0.3 is 11.9 Å². The number of carboxylic acids is 1. The number of carbonyl (C=O) groups is 2. The number of hydrogen-bond acceptors (Lipinski definition) is 4. The van der Waals surface area contributed by atoms with Crippen molar-refractivity contribution in [3.05, 3.63) is 29.1 Å². The first-order valence-electron chi connectivity index (χ1n) is 16.3. The Labute approximate surface area is 246 Å². The van der Waals surface area contributed by atoms with Crippen molar-refractivity contribution >= 4 is 11.9 Å². The number of carbonyl (C=O) groups excluding carboxylic acids is 1. The van der Waals surface area contributed by atoms with Crippen LogP contribution in [0.5, 0.6) is 0 Å². The highest BCUT2D eigenvalue weighted by Gasteiger charge is 2.69. The van der Waals surface area contributed by atoms with Gasteiger partial charge in [-0.1, -0.05) is 60.1 Å². The number of fused-ring (bicyclic) bond motifs is 8. The van der Waals surface area contributed by atoms with Gasteiger partial charge in [0.2, 0.25) is 0 Å². The topological polar surface area (TPSA) is 81.4 Å². The van der Waals surface area contributed by atoms with E-state index in [1.165, 1.54) is 16.8 Å². The van der Waals surface area contributed by atoms with Crippen LogP contribution in [0.4, 0.5) is 0 Å². The molecule has 5 aliphatic carbocycles. The van der Waals surface area contributed by atoms with Crippen molar-refractivity contribution in [2.45, 2.75) is 119 Å². The van der Waals surface area contributed by atoms with Crippen LogP contribution in [0.25, 0.3) is 0 Å². The molecule has 5 aliphatic rings. The molecule has 1 aromatic heterocycles. The molecule has 3 fully saturated rings. The SMILES string of the molecule is CCOC(=O)Cn1ncc2c1C(C)(C)[C@@H]1CC[C@]3(C)[C@H](CC=C4[C@@H]5[C@@H](C)[C@H](C)CC[C@]5(C(=O)O)CC[C@]43C)[C@@]1(C)C2. The molecule has 3 saturated carbocycles. The summed E-state index contributed by atoms with van der Waals surface area (Å²) in [6.07, 6.45) is 12.5. The third-order valence-electron chi connectivity index (χ3n) is 14.2. The molecular weight excluding hydrogens is 512 g/mol. The lowest BCUT2D eigenvalue weighted by molar-refractivity contribution is -0.179. The Hall–Kier alpha value is -2.11. The lowest BCUT2D eigenvalue weighted by Gasteiger charge is -2.70. The lowest BCUT2D eigenvalue weighted by atomic mass is 9.33. The van der Waals surface area contributed by atoms with Gasteiger partial charge in [-0.25, -0.2) is 0 Å². The van der Waals surface area contributed by atoms with Gasteiger partial charge in [0.25, 0.3) is 0 Å². The molecule has 0 saturated heterocycles. The minimum atomic E-state index is -0.600. The minimum Gasteiger partial charge on any atom is -0.481 e. The summed E-state index contributed by atoms with van der Waals surface area (Å²) in [6, 6.07) is 0. The second-order valence-corrected chi connectivity index (χ2v) is 16.0. The van der Waals surface area contributed by atoms with Crippen molar-refractivity contribution < 1.29 is 19.4 Å². The second-order valence-electron chi connectivity index (χ2n) is 16.0. The fraction of sp³-hybridized carbons (Fsp3) is 0.800. The summed E-state index contributed by atoms with van der Waals surface area (Å²) in [5.74, 6) is 1.29. The molecule has 0 aliphatic heterocycles. The number of rotatable bonds is 4. The molecule has 0 bridgehead atoms. The number of aromatic nitrogens is 2. The smallest absolute Gasteiger partial charge is 0.327 e. The molecule has 0 aromatic carbocycles. The maximum atomic E-state index is 13.0. The molecule has 41 heavy (non-hydrogen) atoms. The van der Waals surface area contributed by atoms with Gasteiger partial charge in [-0.2, -0.15) is 5.10 Å². The van der Waals surface area contributed by atoms with Crippen molar-refractivity contribution in [3.63, 3.8) is 0 Å². The predicted molar refractivity (Wildman–Crippen MR) is 159 cm³/mol. The number of ether oxygens (including phenoxy) is 1. The van der Waals surface area contributed by atoms with Crippen LogP contribution in [-0.4, -0.2) is 33.4 Å². The van der Waals surface area contributed by atoms with Gasteiger partial charge in [0.1, 0.15) is 6.54 Å². The van der Waals surface area contributed by atoms with Gasteiger partial charge < -0.3 is 9.84 Å². The fourth-order valence-electron chi connectivity index (χ4n) is 12.0. The number of hydrogen-bond donors (Lipinski definition) is 1. The Morgan fingerprint density at radius 2 is 1.78 bits per heavy atom. The fourth-order valence-corrected chi connectivity index (χ4v) is 12.0. The molecule has 1 heterocycles. The van der Waals surface area contributed by atoms with E-state index < -0.39 is 11.4 Å². The first-order chi connectivity index (χ1) is 19.2. The summed E-state index contributed by atoms with van der Waals surface area (Å²) in [6.45, 7) is 19.5. The number of nitrogens with zero attached hydrogens (tertiary/aromatic N) is 2. The Morgan fingerprint density at radius 3 is 2.46 bits per heavy atom. The third-order valence-corrected chi connectivity index (χ3v) is 14.2. The molecule has 1 aromatic rings. The number of esters is 1. The Bertz CT molecular complexity index is 1290. The molecule has 0 spiro atoms. The average Bonchev–Trinajstić information content (AvgIpc) is 3.28. The van der Waals surface area contributed by atoms with Crippen LogP contribution in [0.15, 0.2) is 17.8 Å². The highest BCUT2D eigenvalue weighted by Crippen LogP contribution is 2.75.